The van der Waals surface area contributed by atoms with E-state index in [-0.39, 0.29) is 18.1 Å². The van der Waals surface area contributed by atoms with E-state index in [2.05, 4.69) is 10.6 Å². The van der Waals surface area contributed by atoms with Gasteiger partial charge in [-0.25, -0.2) is 9.59 Å². The van der Waals surface area contributed by atoms with Gasteiger partial charge in [0.25, 0.3) is 0 Å². The summed E-state index contributed by atoms with van der Waals surface area (Å²) in [5, 5.41) is 14.3. The Balaban J connectivity index is 1.92. The van der Waals surface area contributed by atoms with Crippen LogP contribution in [0.15, 0.2) is 48.5 Å². The molecule has 0 saturated carbocycles. The quantitative estimate of drug-likeness (QED) is 0.792. The summed E-state index contributed by atoms with van der Waals surface area (Å²) in [7, 11) is 1.55. The van der Waals surface area contributed by atoms with Crippen LogP contribution in [0, 0.1) is 0 Å². The topological polar surface area (TPSA) is 87.7 Å². The number of ether oxygens (including phenoxy) is 1. The number of urea groups is 1. The van der Waals surface area contributed by atoms with Crippen LogP contribution in [-0.2, 0) is 6.54 Å². The number of carbonyl (C=O) groups is 2. The van der Waals surface area contributed by atoms with Gasteiger partial charge >= 0.3 is 12.0 Å². The molecule has 0 atom stereocenters. The highest BCUT2D eigenvalue weighted by molar-refractivity contribution is 5.89. The molecule has 2 rings (SSSR count). The lowest BCUT2D eigenvalue weighted by Crippen LogP contribution is -2.28. The number of aromatic carboxylic acids is 1. The van der Waals surface area contributed by atoms with Crippen LogP contribution in [0.2, 0.25) is 0 Å². The minimum Gasteiger partial charge on any atom is -0.497 e. The normalized spacial score (nSPS) is 9.86. The number of hydrogen-bond acceptors (Lipinski definition) is 3. The second-order valence-corrected chi connectivity index (χ2v) is 4.55. The average molecular weight is 300 g/mol. The van der Waals surface area contributed by atoms with Crippen molar-refractivity contribution in [2.75, 3.05) is 12.4 Å². The van der Waals surface area contributed by atoms with Gasteiger partial charge < -0.3 is 20.5 Å². The van der Waals surface area contributed by atoms with Gasteiger partial charge in [-0.1, -0.05) is 18.2 Å². The number of amides is 2. The van der Waals surface area contributed by atoms with Gasteiger partial charge in [-0.2, -0.15) is 0 Å². The average Bonchev–Trinajstić information content (AvgIpc) is 2.53. The fraction of sp³-hybridized carbons (Fsp3) is 0.125. The second-order valence-electron chi connectivity index (χ2n) is 4.55. The fourth-order valence-electron chi connectivity index (χ4n) is 1.87. The third-order valence-corrected chi connectivity index (χ3v) is 2.95. The third-order valence-electron chi connectivity index (χ3n) is 2.95. The first-order valence-corrected chi connectivity index (χ1v) is 6.59. The molecule has 6 nitrogen and oxygen atoms in total. The second kappa shape index (κ2) is 7.12. The Morgan fingerprint density at radius 1 is 1.14 bits per heavy atom. The standard InChI is InChI=1S/C16H16N2O4/c1-22-14-7-3-6-13(9-14)18-16(21)17-10-11-4-2-5-12(8-11)15(19)20/h2-9H,10H2,1H3,(H,19,20)(H2,17,18,21). The van der Waals surface area contributed by atoms with E-state index in [4.69, 9.17) is 9.84 Å². The molecule has 0 aliphatic rings. The zero-order valence-electron chi connectivity index (χ0n) is 12.0. The van der Waals surface area contributed by atoms with Gasteiger partial charge in [0, 0.05) is 18.3 Å². The first-order valence-electron chi connectivity index (χ1n) is 6.59. The van der Waals surface area contributed by atoms with Gasteiger partial charge in [-0.15, -0.1) is 0 Å². The molecule has 2 aromatic rings. The zero-order chi connectivity index (χ0) is 15.9. The van der Waals surface area contributed by atoms with Crippen molar-refractivity contribution in [1.29, 1.82) is 0 Å². The molecule has 0 aromatic heterocycles. The molecule has 0 unspecified atom stereocenters. The maximum atomic E-state index is 11.8. The van der Waals surface area contributed by atoms with Gasteiger partial charge in [-0.3, -0.25) is 0 Å². The predicted molar refractivity (Wildman–Crippen MR) is 82.3 cm³/mol. The number of anilines is 1. The first-order chi connectivity index (χ1) is 10.6. The van der Waals surface area contributed by atoms with Gasteiger partial charge in [0.15, 0.2) is 0 Å². The maximum Gasteiger partial charge on any atom is 0.335 e. The number of nitrogens with one attached hydrogen (secondary N) is 2. The molecule has 0 fully saturated rings. The van der Waals surface area contributed by atoms with E-state index in [1.807, 2.05) is 0 Å². The minimum absolute atomic E-state index is 0.188. The summed E-state index contributed by atoms with van der Waals surface area (Å²) >= 11 is 0. The lowest BCUT2D eigenvalue weighted by atomic mass is 10.1. The van der Waals surface area contributed by atoms with Crippen LogP contribution in [-0.4, -0.2) is 24.2 Å². The zero-order valence-corrected chi connectivity index (χ0v) is 12.0. The monoisotopic (exact) mass is 300 g/mol. The third kappa shape index (κ3) is 4.24. The Hall–Kier alpha value is -3.02. The molecule has 0 spiro atoms. The summed E-state index contributed by atoms with van der Waals surface area (Å²) in [5.74, 6) is -0.352. The smallest absolute Gasteiger partial charge is 0.335 e. The van der Waals surface area contributed by atoms with Crippen molar-refractivity contribution in [3.8, 4) is 5.75 Å². The number of methoxy groups -OCH3 is 1. The van der Waals surface area contributed by atoms with E-state index in [1.54, 1.807) is 43.5 Å². The van der Waals surface area contributed by atoms with E-state index in [1.165, 1.54) is 12.1 Å². The molecular weight excluding hydrogens is 284 g/mol. The molecule has 0 heterocycles. The van der Waals surface area contributed by atoms with E-state index in [0.717, 1.165) is 0 Å². The van der Waals surface area contributed by atoms with Crippen LogP contribution >= 0.6 is 0 Å². The SMILES string of the molecule is COc1cccc(NC(=O)NCc2cccc(C(=O)O)c2)c1. The Kier molecular flexibility index (Phi) is 4.98. The number of carbonyl (C=O) groups excluding carboxylic acids is 1. The highest BCUT2D eigenvalue weighted by atomic mass is 16.5. The number of rotatable bonds is 5. The molecule has 2 aromatic carbocycles. The van der Waals surface area contributed by atoms with Crippen molar-refractivity contribution in [1.82, 2.24) is 5.32 Å². The van der Waals surface area contributed by atoms with Crippen LogP contribution in [0.5, 0.6) is 5.75 Å². The van der Waals surface area contributed by atoms with Gasteiger partial charge in [0.1, 0.15) is 5.75 Å². The van der Waals surface area contributed by atoms with Crippen molar-refractivity contribution in [3.63, 3.8) is 0 Å². The number of benzene rings is 2. The molecule has 2 amide bonds. The maximum absolute atomic E-state index is 11.8. The van der Waals surface area contributed by atoms with Crippen LogP contribution in [0.3, 0.4) is 0 Å². The molecule has 0 bridgehead atoms. The summed E-state index contributed by atoms with van der Waals surface area (Å²) in [6.45, 7) is 0.233. The molecule has 6 heteroatoms. The van der Waals surface area contributed by atoms with E-state index in [9.17, 15) is 9.59 Å². The van der Waals surface area contributed by atoms with Crippen LogP contribution in [0.1, 0.15) is 15.9 Å². The molecular formula is C16H16N2O4. The Labute approximate surface area is 127 Å². The lowest BCUT2D eigenvalue weighted by Gasteiger charge is -2.09. The van der Waals surface area contributed by atoms with Gasteiger partial charge in [-0.05, 0) is 29.8 Å². The van der Waals surface area contributed by atoms with E-state index < -0.39 is 5.97 Å². The summed E-state index contributed by atoms with van der Waals surface area (Å²) < 4.78 is 5.07. The Morgan fingerprint density at radius 3 is 2.64 bits per heavy atom. The molecule has 0 aliphatic heterocycles. The van der Waals surface area contributed by atoms with Crippen molar-refractivity contribution in [2.24, 2.45) is 0 Å². The lowest BCUT2D eigenvalue weighted by molar-refractivity contribution is 0.0696. The van der Waals surface area contributed by atoms with E-state index in [0.29, 0.717) is 17.0 Å². The first kappa shape index (κ1) is 15.4. The Bertz CT molecular complexity index is 685. The molecule has 0 saturated heterocycles. The van der Waals surface area contributed by atoms with Crippen molar-refractivity contribution in [3.05, 3.63) is 59.7 Å². The number of carboxylic acids is 1. The predicted octanol–water partition coefficient (Wildman–Crippen LogP) is 2.72. The van der Waals surface area contributed by atoms with Crippen molar-refractivity contribution >= 4 is 17.7 Å². The molecule has 0 radical (unpaired) electrons. The highest BCUT2D eigenvalue weighted by Crippen LogP contribution is 2.16. The largest absolute Gasteiger partial charge is 0.497 e. The van der Waals surface area contributed by atoms with Crippen LogP contribution < -0.4 is 15.4 Å². The van der Waals surface area contributed by atoms with Crippen molar-refractivity contribution < 1.29 is 19.4 Å². The number of hydrogen-bond donors (Lipinski definition) is 3. The van der Waals surface area contributed by atoms with Crippen molar-refractivity contribution in [2.45, 2.75) is 6.54 Å². The highest BCUT2D eigenvalue weighted by Gasteiger charge is 2.05. The summed E-state index contributed by atoms with van der Waals surface area (Å²) in [6.07, 6.45) is 0. The minimum atomic E-state index is -0.998. The summed E-state index contributed by atoms with van der Waals surface area (Å²) in [5.41, 5.74) is 1.50. The van der Waals surface area contributed by atoms with Crippen LogP contribution in [0.4, 0.5) is 10.5 Å². The molecule has 114 valence electrons. The van der Waals surface area contributed by atoms with E-state index >= 15 is 0 Å². The Morgan fingerprint density at radius 2 is 1.91 bits per heavy atom. The van der Waals surface area contributed by atoms with Crippen LogP contribution in [0.25, 0.3) is 0 Å². The summed E-state index contributed by atoms with van der Waals surface area (Å²) in [6, 6.07) is 13.0. The number of carboxylic acid groups (broad SMARTS) is 1. The summed E-state index contributed by atoms with van der Waals surface area (Å²) in [4.78, 5) is 22.7. The molecule has 3 N–H and O–H groups in total. The fourth-order valence-corrected chi connectivity index (χ4v) is 1.87. The van der Waals surface area contributed by atoms with Gasteiger partial charge in [0.2, 0.25) is 0 Å². The molecule has 0 aliphatic carbocycles. The van der Waals surface area contributed by atoms with Gasteiger partial charge in [0.05, 0.1) is 12.7 Å². The molecule has 22 heavy (non-hydrogen) atoms.